The molecule has 5 nitrogen and oxygen atoms in total. The monoisotopic (exact) mass is 235 g/mol. The SMILES string of the molecule is O=c1c(OCC2CCCN2)nccn1C1CC1. The standard InChI is InChI=1S/C12H17N3O2/c16-12-11(17-8-9-2-1-5-13-9)14-6-7-15(12)10-3-4-10/h6-7,9-10,13H,1-5,8H2. The molecule has 92 valence electrons. The first-order chi connectivity index (χ1) is 8.34. The van der Waals surface area contributed by atoms with Gasteiger partial charge in [0.05, 0.1) is 0 Å². The van der Waals surface area contributed by atoms with Gasteiger partial charge in [-0.25, -0.2) is 4.98 Å². The van der Waals surface area contributed by atoms with Crippen molar-refractivity contribution in [2.24, 2.45) is 0 Å². The first kappa shape index (κ1) is 10.8. The van der Waals surface area contributed by atoms with Crippen LogP contribution in [0.3, 0.4) is 0 Å². The highest BCUT2D eigenvalue weighted by Crippen LogP contribution is 2.33. The molecular weight excluding hydrogens is 218 g/mol. The summed E-state index contributed by atoms with van der Waals surface area (Å²) in [5.74, 6) is 0.244. The Morgan fingerprint density at radius 3 is 3.06 bits per heavy atom. The Hall–Kier alpha value is -1.36. The topological polar surface area (TPSA) is 56.1 Å². The van der Waals surface area contributed by atoms with Gasteiger partial charge in [-0.05, 0) is 32.2 Å². The van der Waals surface area contributed by atoms with Gasteiger partial charge in [0, 0.05) is 24.5 Å². The second-order valence-corrected chi connectivity index (χ2v) is 4.78. The molecular formula is C12H17N3O2. The summed E-state index contributed by atoms with van der Waals surface area (Å²) in [6.07, 6.45) is 7.88. The largest absolute Gasteiger partial charge is 0.472 e. The molecule has 1 saturated heterocycles. The molecule has 0 amide bonds. The lowest BCUT2D eigenvalue weighted by molar-refractivity contribution is 0.261. The molecule has 1 atom stereocenters. The second kappa shape index (κ2) is 4.49. The lowest BCUT2D eigenvalue weighted by atomic mass is 10.2. The molecule has 1 aromatic rings. The van der Waals surface area contributed by atoms with E-state index in [-0.39, 0.29) is 11.4 Å². The number of nitrogens with zero attached hydrogens (tertiary/aromatic N) is 2. The smallest absolute Gasteiger partial charge is 0.313 e. The highest BCUT2D eigenvalue weighted by molar-refractivity contribution is 5.07. The van der Waals surface area contributed by atoms with Crippen LogP contribution in [0.4, 0.5) is 0 Å². The fraction of sp³-hybridized carbons (Fsp3) is 0.667. The second-order valence-electron chi connectivity index (χ2n) is 4.78. The first-order valence-corrected chi connectivity index (χ1v) is 6.28. The summed E-state index contributed by atoms with van der Waals surface area (Å²) >= 11 is 0. The van der Waals surface area contributed by atoms with Crippen LogP contribution < -0.4 is 15.6 Å². The summed E-state index contributed by atoms with van der Waals surface area (Å²) in [5.41, 5.74) is -0.0898. The maximum atomic E-state index is 12.0. The quantitative estimate of drug-likeness (QED) is 0.835. The van der Waals surface area contributed by atoms with E-state index in [1.807, 2.05) is 0 Å². The Morgan fingerprint density at radius 1 is 1.47 bits per heavy atom. The van der Waals surface area contributed by atoms with Gasteiger partial charge in [-0.3, -0.25) is 4.79 Å². The minimum Gasteiger partial charge on any atom is -0.472 e. The number of ether oxygens (including phenoxy) is 1. The van der Waals surface area contributed by atoms with E-state index in [9.17, 15) is 4.79 Å². The Bertz CT molecular complexity index is 447. The van der Waals surface area contributed by atoms with Crippen molar-refractivity contribution in [3.8, 4) is 5.88 Å². The predicted octanol–water partition coefficient (Wildman–Crippen LogP) is 0.709. The average molecular weight is 235 g/mol. The third kappa shape index (κ3) is 2.34. The maximum absolute atomic E-state index is 12.0. The van der Waals surface area contributed by atoms with E-state index in [0.717, 1.165) is 25.8 Å². The zero-order valence-electron chi connectivity index (χ0n) is 9.76. The highest BCUT2D eigenvalue weighted by Gasteiger charge is 2.25. The van der Waals surface area contributed by atoms with Gasteiger partial charge in [-0.2, -0.15) is 0 Å². The van der Waals surface area contributed by atoms with Gasteiger partial charge in [0.25, 0.3) is 5.88 Å². The zero-order valence-corrected chi connectivity index (χ0v) is 9.76. The molecule has 1 unspecified atom stereocenters. The van der Waals surface area contributed by atoms with Crippen LogP contribution in [0.25, 0.3) is 0 Å². The van der Waals surface area contributed by atoms with E-state index in [4.69, 9.17) is 4.74 Å². The van der Waals surface area contributed by atoms with E-state index in [1.165, 1.54) is 6.42 Å². The van der Waals surface area contributed by atoms with Crippen LogP contribution in [-0.2, 0) is 0 Å². The normalized spacial score (nSPS) is 23.9. The lowest BCUT2D eigenvalue weighted by Crippen LogP contribution is -2.30. The van der Waals surface area contributed by atoms with Crippen LogP contribution >= 0.6 is 0 Å². The Kier molecular flexibility index (Phi) is 2.84. The van der Waals surface area contributed by atoms with E-state index in [0.29, 0.717) is 18.7 Å². The summed E-state index contributed by atoms with van der Waals surface area (Å²) in [4.78, 5) is 16.0. The molecule has 2 aliphatic rings. The van der Waals surface area contributed by atoms with Crippen LogP contribution in [0, 0.1) is 0 Å². The molecule has 1 aromatic heterocycles. The summed E-state index contributed by atoms with van der Waals surface area (Å²) in [5, 5.41) is 3.33. The number of hydrogen-bond donors (Lipinski definition) is 1. The minimum atomic E-state index is -0.0898. The molecule has 1 saturated carbocycles. The molecule has 1 N–H and O–H groups in total. The molecule has 0 aromatic carbocycles. The molecule has 0 radical (unpaired) electrons. The van der Waals surface area contributed by atoms with Crippen molar-refractivity contribution in [3.63, 3.8) is 0 Å². The molecule has 17 heavy (non-hydrogen) atoms. The Balaban J connectivity index is 1.69. The van der Waals surface area contributed by atoms with Crippen molar-refractivity contribution in [2.75, 3.05) is 13.2 Å². The van der Waals surface area contributed by atoms with Gasteiger partial charge >= 0.3 is 5.56 Å². The van der Waals surface area contributed by atoms with Crippen molar-refractivity contribution in [3.05, 3.63) is 22.7 Å². The number of aromatic nitrogens is 2. The first-order valence-electron chi connectivity index (χ1n) is 6.28. The van der Waals surface area contributed by atoms with Crippen LogP contribution in [0.2, 0.25) is 0 Å². The highest BCUT2D eigenvalue weighted by atomic mass is 16.5. The van der Waals surface area contributed by atoms with E-state index < -0.39 is 0 Å². The van der Waals surface area contributed by atoms with Crippen molar-refractivity contribution in [1.29, 1.82) is 0 Å². The molecule has 3 rings (SSSR count). The van der Waals surface area contributed by atoms with Gasteiger partial charge in [0.1, 0.15) is 6.61 Å². The summed E-state index contributed by atoms with van der Waals surface area (Å²) in [6, 6.07) is 0.739. The average Bonchev–Trinajstić information content (AvgIpc) is 3.04. The number of hydrogen-bond acceptors (Lipinski definition) is 4. The summed E-state index contributed by atoms with van der Waals surface area (Å²) in [6.45, 7) is 1.58. The Morgan fingerprint density at radius 2 is 2.35 bits per heavy atom. The molecule has 0 bridgehead atoms. The van der Waals surface area contributed by atoms with Crippen LogP contribution in [0.1, 0.15) is 31.7 Å². The van der Waals surface area contributed by atoms with Crippen LogP contribution in [-0.4, -0.2) is 28.7 Å². The maximum Gasteiger partial charge on any atom is 0.313 e. The van der Waals surface area contributed by atoms with Crippen molar-refractivity contribution >= 4 is 0 Å². The Labute approximate surface area is 99.8 Å². The van der Waals surface area contributed by atoms with Gasteiger partial charge in [0.2, 0.25) is 0 Å². The molecule has 2 fully saturated rings. The predicted molar refractivity (Wildman–Crippen MR) is 63.3 cm³/mol. The van der Waals surface area contributed by atoms with Crippen LogP contribution in [0.5, 0.6) is 5.88 Å². The zero-order chi connectivity index (χ0) is 11.7. The van der Waals surface area contributed by atoms with Gasteiger partial charge < -0.3 is 14.6 Å². The van der Waals surface area contributed by atoms with E-state index >= 15 is 0 Å². The third-order valence-electron chi connectivity index (χ3n) is 3.36. The lowest BCUT2D eigenvalue weighted by Gasteiger charge is -2.11. The third-order valence-corrected chi connectivity index (χ3v) is 3.36. The van der Waals surface area contributed by atoms with Crippen molar-refractivity contribution < 1.29 is 4.74 Å². The molecule has 1 aliphatic carbocycles. The molecule has 1 aliphatic heterocycles. The fourth-order valence-electron chi connectivity index (χ4n) is 2.22. The number of nitrogens with one attached hydrogen (secondary N) is 1. The van der Waals surface area contributed by atoms with Gasteiger partial charge in [0.15, 0.2) is 0 Å². The summed E-state index contributed by atoms with van der Waals surface area (Å²) < 4.78 is 7.27. The van der Waals surface area contributed by atoms with Gasteiger partial charge in [-0.1, -0.05) is 0 Å². The van der Waals surface area contributed by atoms with Gasteiger partial charge in [-0.15, -0.1) is 0 Å². The summed E-state index contributed by atoms with van der Waals surface area (Å²) in [7, 11) is 0. The molecule has 5 heteroatoms. The van der Waals surface area contributed by atoms with E-state index in [2.05, 4.69) is 10.3 Å². The molecule has 0 spiro atoms. The van der Waals surface area contributed by atoms with Crippen molar-refractivity contribution in [1.82, 2.24) is 14.9 Å². The van der Waals surface area contributed by atoms with Crippen molar-refractivity contribution in [2.45, 2.75) is 37.8 Å². The molecule has 2 heterocycles. The fourth-order valence-corrected chi connectivity index (χ4v) is 2.22. The minimum absolute atomic E-state index is 0.0898. The van der Waals surface area contributed by atoms with Crippen LogP contribution in [0.15, 0.2) is 17.2 Å². The van der Waals surface area contributed by atoms with E-state index in [1.54, 1.807) is 17.0 Å². The number of rotatable bonds is 4.